The van der Waals surface area contributed by atoms with Gasteiger partial charge in [0.25, 0.3) is 0 Å². The molecule has 2 rings (SSSR count). The second-order valence-corrected chi connectivity index (χ2v) is 5.52. The molecule has 17 heavy (non-hydrogen) atoms. The second-order valence-electron chi connectivity index (χ2n) is 4.54. The lowest BCUT2D eigenvalue weighted by atomic mass is 10.3. The lowest BCUT2D eigenvalue weighted by Crippen LogP contribution is -2.21. The molecule has 2 aromatic rings. The molecule has 0 fully saturated rings. The van der Waals surface area contributed by atoms with E-state index in [9.17, 15) is 0 Å². The van der Waals surface area contributed by atoms with Gasteiger partial charge in [0.1, 0.15) is 0 Å². The van der Waals surface area contributed by atoms with Crippen LogP contribution in [-0.2, 0) is 6.54 Å². The van der Waals surface area contributed by atoms with Crippen LogP contribution in [0.5, 0.6) is 0 Å². The van der Waals surface area contributed by atoms with Crippen LogP contribution < -0.4 is 5.32 Å². The van der Waals surface area contributed by atoms with Crippen molar-refractivity contribution in [3.63, 3.8) is 0 Å². The third-order valence-corrected chi connectivity index (χ3v) is 3.79. The van der Waals surface area contributed by atoms with E-state index in [1.807, 2.05) is 6.33 Å². The minimum absolute atomic E-state index is 0.371. The van der Waals surface area contributed by atoms with E-state index >= 15 is 0 Å². The highest BCUT2D eigenvalue weighted by Gasteiger charge is 2.09. The standard InChI is InChI=1S/C13H19N3S/c1-10(2)14-7-12-8-16(9-15-12)11(3)13-5-4-6-17-13/h4-6,8-11,14H,7H2,1-3H3. The molecule has 0 radical (unpaired) electrons. The first kappa shape index (κ1) is 12.3. The molecule has 3 nitrogen and oxygen atoms in total. The molecule has 0 spiro atoms. The van der Waals surface area contributed by atoms with Crippen molar-refractivity contribution in [1.82, 2.24) is 14.9 Å². The molecule has 0 aliphatic carbocycles. The molecule has 4 heteroatoms. The van der Waals surface area contributed by atoms with Crippen LogP contribution in [0.15, 0.2) is 30.0 Å². The summed E-state index contributed by atoms with van der Waals surface area (Å²) in [4.78, 5) is 5.79. The number of aromatic nitrogens is 2. The lowest BCUT2D eigenvalue weighted by Gasteiger charge is -2.10. The van der Waals surface area contributed by atoms with E-state index < -0.39 is 0 Å². The van der Waals surface area contributed by atoms with Crippen LogP contribution in [-0.4, -0.2) is 15.6 Å². The minimum Gasteiger partial charge on any atom is -0.329 e. The second kappa shape index (κ2) is 5.47. The summed E-state index contributed by atoms with van der Waals surface area (Å²) in [5.74, 6) is 0. The summed E-state index contributed by atoms with van der Waals surface area (Å²) < 4.78 is 2.17. The van der Waals surface area contributed by atoms with Crippen molar-refractivity contribution in [2.24, 2.45) is 0 Å². The Hall–Kier alpha value is -1.13. The van der Waals surface area contributed by atoms with Crippen molar-refractivity contribution >= 4 is 11.3 Å². The first-order valence-corrected chi connectivity index (χ1v) is 6.84. The van der Waals surface area contributed by atoms with Crippen LogP contribution in [0.2, 0.25) is 0 Å². The van der Waals surface area contributed by atoms with Crippen molar-refractivity contribution in [3.05, 3.63) is 40.6 Å². The number of hydrogen-bond acceptors (Lipinski definition) is 3. The van der Waals surface area contributed by atoms with Gasteiger partial charge in [-0.1, -0.05) is 19.9 Å². The van der Waals surface area contributed by atoms with Crippen LogP contribution in [0, 0.1) is 0 Å². The van der Waals surface area contributed by atoms with Crippen molar-refractivity contribution in [1.29, 1.82) is 0 Å². The maximum absolute atomic E-state index is 4.42. The van der Waals surface area contributed by atoms with E-state index in [1.165, 1.54) is 4.88 Å². The Bertz CT molecular complexity index is 445. The van der Waals surface area contributed by atoms with Gasteiger partial charge in [0.15, 0.2) is 0 Å². The maximum atomic E-state index is 4.42. The maximum Gasteiger partial charge on any atom is 0.0955 e. The van der Waals surface area contributed by atoms with E-state index in [-0.39, 0.29) is 0 Å². The molecule has 0 aromatic carbocycles. The van der Waals surface area contributed by atoms with Crippen molar-refractivity contribution in [2.75, 3.05) is 0 Å². The van der Waals surface area contributed by atoms with Gasteiger partial charge in [-0.05, 0) is 18.4 Å². The molecule has 0 aliphatic heterocycles. The molecule has 1 N–H and O–H groups in total. The smallest absolute Gasteiger partial charge is 0.0955 e. The van der Waals surface area contributed by atoms with E-state index in [1.54, 1.807) is 11.3 Å². The summed E-state index contributed by atoms with van der Waals surface area (Å²) in [5.41, 5.74) is 1.10. The van der Waals surface area contributed by atoms with Crippen LogP contribution >= 0.6 is 11.3 Å². The van der Waals surface area contributed by atoms with Gasteiger partial charge in [-0.25, -0.2) is 4.98 Å². The van der Waals surface area contributed by atoms with Gasteiger partial charge in [0, 0.05) is 23.7 Å². The topological polar surface area (TPSA) is 29.9 Å². The van der Waals surface area contributed by atoms with E-state index in [0.717, 1.165) is 12.2 Å². The van der Waals surface area contributed by atoms with Gasteiger partial charge in [-0.2, -0.15) is 0 Å². The quantitative estimate of drug-likeness (QED) is 0.882. The fraction of sp³-hybridized carbons (Fsp3) is 0.462. The molecule has 0 saturated carbocycles. The normalized spacial score (nSPS) is 13.2. The van der Waals surface area contributed by atoms with E-state index in [0.29, 0.717) is 12.1 Å². The first-order chi connectivity index (χ1) is 8.16. The molecule has 92 valence electrons. The lowest BCUT2D eigenvalue weighted by molar-refractivity contribution is 0.581. The predicted molar refractivity (Wildman–Crippen MR) is 72.3 cm³/mol. The van der Waals surface area contributed by atoms with Gasteiger partial charge < -0.3 is 9.88 Å². The summed E-state index contributed by atoms with van der Waals surface area (Å²) in [6, 6.07) is 5.13. The molecular weight excluding hydrogens is 230 g/mol. The summed E-state index contributed by atoms with van der Waals surface area (Å²) in [6.07, 6.45) is 4.04. The monoisotopic (exact) mass is 249 g/mol. The predicted octanol–water partition coefficient (Wildman–Crippen LogP) is 3.05. The number of imidazole rings is 1. The van der Waals surface area contributed by atoms with Gasteiger partial charge >= 0.3 is 0 Å². The highest BCUT2D eigenvalue weighted by molar-refractivity contribution is 7.10. The van der Waals surface area contributed by atoms with Gasteiger partial charge in [-0.3, -0.25) is 0 Å². The number of hydrogen-bond donors (Lipinski definition) is 1. The average Bonchev–Trinajstić information content (AvgIpc) is 2.97. The van der Waals surface area contributed by atoms with Crippen LogP contribution in [0.1, 0.15) is 37.4 Å². The fourth-order valence-corrected chi connectivity index (χ4v) is 2.46. The number of thiophene rings is 1. The zero-order chi connectivity index (χ0) is 12.3. The highest BCUT2D eigenvalue weighted by atomic mass is 32.1. The molecule has 0 aliphatic rings. The highest BCUT2D eigenvalue weighted by Crippen LogP contribution is 2.22. The molecule has 0 saturated heterocycles. The average molecular weight is 249 g/mol. The molecule has 0 amide bonds. The van der Waals surface area contributed by atoms with Crippen molar-refractivity contribution < 1.29 is 0 Å². The van der Waals surface area contributed by atoms with Gasteiger partial charge in [0.2, 0.25) is 0 Å². The molecule has 2 aromatic heterocycles. The SMILES string of the molecule is CC(C)NCc1cn(C(C)c2cccs2)cn1. The molecule has 1 unspecified atom stereocenters. The largest absolute Gasteiger partial charge is 0.329 e. The van der Waals surface area contributed by atoms with Gasteiger partial charge in [-0.15, -0.1) is 11.3 Å². The molecule has 0 bridgehead atoms. The Kier molecular flexibility index (Phi) is 3.97. The number of nitrogens with one attached hydrogen (secondary N) is 1. The Balaban J connectivity index is 2.03. The fourth-order valence-electron chi connectivity index (χ4n) is 1.67. The van der Waals surface area contributed by atoms with E-state index in [4.69, 9.17) is 0 Å². The third kappa shape index (κ3) is 3.17. The molecular formula is C13H19N3S. The van der Waals surface area contributed by atoms with Crippen molar-refractivity contribution in [3.8, 4) is 0 Å². The number of nitrogens with zero attached hydrogens (tertiary/aromatic N) is 2. The van der Waals surface area contributed by atoms with Crippen LogP contribution in [0.25, 0.3) is 0 Å². The van der Waals surface area contributed by atoms with E-state index in [2.05, 4.69) is 59.3 Å². The summed E-state index contributed by atoms with van der Waals surface area (Å²) >= 11 is 1.79. The van der Waals surface area contributed by atoms with Gasteiger partial charge in [0.05, 0.1) is 18.1 Å². The first-order valence-electron chi connectivity index (χ1n) is 5.96. The summed E-state index contributed by atoms with van der Waals surface area (Å²) in [7, 11) is 0. The summed E-state index contributed by atoms with van der Waals surface area (Å²) in [5, 5.41) is 5.49. The Morgan fingerprint density at radius 3 is 2.88 bits per heavy atom. The third-order valence-electron chi connectivity index (χ3n) is 2.75. The van der Waals surface area contributed by atoms with Crippen LogP contribution in [0.3, 0.4) is 0 Å². The zero-order valence-electron chi connectivity index (χ0n) is 10.6. The molecule has 2 heterocycles. The van der Waals surface area contributed by atoms with Crippen molar-refractivity contribution in [2.45, 2.75) is 39.4 Å². The minimum atomic E-state index is 0.371. The van der Waals surface area contributed by atoms with Crippen LogP contribution in [0.4, 0.5) is 0 Å². The number of rotatable bonds is 5. The Morgan fingerprint density at radius 1 is 1.41 bits per heavy atom. The molecule has 1 atom stereocenters. The Morgan fingerprint density at radius 2 is 2.24 bits per heavy atom. The Labute approximate surface area is 107 Å². The summed E-state index contributed by atoms with van der Waals surface area (Å²) in [6.45, 7) is 7.32. The zero-order valence-corrected chi connectivity index (χ0v) is 11.4.